The van der Waals surface area contributed by atoms with E-state index in [1.807, 2.05) is 30.3 Å². The fraction of sp³-hybridized carbons (Fsp3) is 0.348. The van der Waals surface area contributed by atoms with Crippen LogP contribution in [-0.2, 0) is 11.2 Å². The van der Waals surface area contributed by atoms with E-state index >= 15 is 0 Å². The molecule has 2 heterocycles. The summed E-state index contributed by atoms with van der Waals surface area (Å²) in [6.07, 6.45) is 4.48. The van der Waals surface area contributed by atoms with Gasteiger partial charge in [0.15, 0.2) is 6.10 Å². The number of carbonyl (C=O) groups is 2. The van der Waals surface area contributed by atoms with Crippen LogP contribution in [0.15, 0.2) is 48.7 Å². The molecule has 7 nitrogen and oxygen atoms in total. The minimum Gasteiger partial charge on any atom is -0.381 e. The van der Waals surface area contributed by atoms with Crippen LogP contribution in [0.2, 0.25) is 5.15 Å². The summed E-state index contributed by atoms with van der Waals surface area (Å²) in [6, 6.07) is 12.1. The van der Waals surface area contributed by atoms with Crippen molar-refractivity contribution in [2.75, 3.05) is 0 Å². The topological polar surface area (TPSA) is 107 Å². The Hall–Kier alpha value is -2.90. The lowest BCUT2D eigenvalue weighted by atomic mass is 10.00. The molecule has 2 aromatic heterocycles. The number of fused-ring (bicyclic) bond motifs is 1. The molecular formula is C23H25ClN4O3. The summed E-state index contributed by atoms with van der Waals surface area (Å²) in [5.41, 5.74) is 1.89. The summed E-state index contributed by atoms with van der Waals surface area (Å²) in [7, 11) is 0. The average Bonchev–Trinajstić information content (AvgIpc) is 3.42. The Morgan fingerprint density at radius 2 is 1.94 bits per heavy atom. The summed E-state index contributed by atoms with van der Waals surface area (Å²) in [6.45, 7) is 0. The number of amides is 2. The number of nitrogens with one attached hydrogen (secondary N) is 3. The predicted octanol–water partition coefficient (Wildman–Crippen LogP) is 2.98. The monoisotopic (exact) mass is 440 g/mol. The number of nitrogens with zero attached hydrogens (tertiary/aromatic N) is 1. The van der Waals surface area contributed by atoms with Crippen molar-refractivity contribution in [1.29, 1.82) is 0 Å². The standard InChI is InChI=1S/C23H25ClN4O3/c24-20-12-15-11-18(27-19(15)13-25-20)22(30)28-17(10-14-6-2-1-3-7-14)21(29)23(31)26-16-8-4-5-9-16/h1-3,6-7,11-13,16-17,21,27,29H,4-5,8-10H2,(H,26,31)(H,28,30)/t17-,21+/m0/s1. The van der Waals surface area contributed by atoms with Crippen LogP contribution in [0, 0.1) is 0 Å². The molecule has 3 aromatic rings. The first-order valence-corrected chi connectivity index (χ1v) is 10.8. The minimum atomic E-state index is -1.37. The number of rotatable bonds is 7. The Labute approximate surface area is 185 Å². The molecule has 4 N–H and O–H groups in total. The van der Waals surface area contributed by atoms with Crippen LogP contribution in [0.5, 0.6) is 0 Å². The van der Waals surface area contributed by atoms with Crippen molar-refractivity contribution in [3.8, 4) is 0 Å². The molecule has 1 saturated carbocycles. The maximum atomic E-state index is 12.9. The van der Waals surface area contributed by atoms with Crippen molar-refractivity contribution >= 4 is 34.3 Å². The van der Waals surface area contributed by atoms with E-state index in [9.17, 15) is 14.7 Å². The van der Waals surface area contributed by atoms with Crippen LogP contribution in [0.3, 0.4) is 0 Å². The second kappa shape index (κ2) is 9.49. The van der Waals surface area contributed by atoms with Crippen molar-refractivity contribution in [2.24, 2.45) is 0 Å². The maximum absolute atomic E-state index is 12.9. The fourth-order valence-corrected chi connectivity index (χ4v) is 4.19. The maximum Gasteiger partial charge on any atom is 0.268 e. The lowest BCUT2D eigenvalue weighted by Crippen LogP contribution is -2.53. The minimum absolute atomic E-state index is 0.0844. The zero-order valence-electron chi connectivity index (χ0n) is 17.0. The number of halogens is 1. The number of carbonyl (C=O) groups excluding carboxylic acids is 2. The first kappa shape index (κ1) is 21.3. The highest BCUT2D eigenvalue weighted by Crippen LogP contribution is 2.19. The number of aliphatic hydroxyl groups excluding tert-OH is 1. The van der Waals surface area contributed by atoms with Gasteiger partial charge in [-0.15, -0.1) is 0 Å². The molecule has 0 unspecified atom stereocenters. The predicted molar refractivity (Wildman–Crippen MR) is 119 cm³/mol. The van der Waals surface area contributed by atoms with Crippen LogP contribution in [0.4, 0.5) is 0 Å². The second-order valence-electron chi connectivity index (χ2n) is 7.98. The van der Waals surface area contributed by atoms with Gasteiger partial charge in [0.2, 0.25) is 0 Å². The van der Waals surface area contributed by atoms with E-state index in [0.29, 0.717) is 22.8 Å². The van der Waals surface area contributed by atoms with E-state index in [-0.39, 0.29) is 6.04 Å². The largest absolute Gasteiger partial charge is 0.381 e. The molecular weight excluding hydrogens is 416 g/mol. The highest BCUT2D eigenvalue weighted by Gasteiger charge is 2.30. The zero-order chi connectivity index (χ0) is 21.8. The molecule has 2 atom stereocenters. The number of hydrogen-bond donors (Lipinski definition) is 4. The van der Waals surface area contributed by atoms with Crippen LogP contribution < -0.4 is 10.6 Å². The number of benzene rings is 1. The van der Waals surface area contributed by atoms with E-state index in [2.05, 4.69) is 20.6 Å². The van der Waals surface area contributed by atoms with Gasteiger partial charge in [-0.1, -0.05) is 54.8 Å². The van der Waals surface area contributed by atoms with Gasteiger partial charge in [0, 0.05) is 11.4 Å². The van der Waals surface area contributed by atoms with E-state index in [4.69, 9.17) is 11.6 Å². The highest BCUT2D eigenvalue weighted by molar-refractivity contribution is 6.30. The molecule has 1 aliphatic carbocycles. The fourth-order valence-electron chi connectivity index (χ4n) is 4.02. The van der Waals surface area contributed by atoms with E-state index in [1.54, 1.807) is 18.3 Å². The van der Waals surface area contributed by atoms with E-state index in [1.165, 1.54) is 0 Å². The molecule has 1 fully saturated rings. The molecule has 0 bridgehead atoms. The number of aromatic nitrogens is 2. The molecule has 0 spiro atoms. The summed E-state index contributed by atoms with van der Waals surface area (Å²) < 4.78 is 0. The normalized spacial score (nSPS) is 16.2. The SMILES string of the molecule is O=C(N[C@@H](Cc1ccccc1)[C@@H](O)C(=O)NC1CCCC1)c1cc2cc(Cl)ncc2[nH]1. The number of pyridine rings is 1. The number of aliphatic hydroxyl groups is 1. The zero-order valence-corrected chi connectivity index (χ0v) is 17.7. The third-order valence-corrected chi connectivity index (χ3v) is 5.89. The van der Waals surface area contributed by atoms with Crippen molar-refractivity contribution in [3.05, 3.63) is 65.1 Å². The van der Waals surface area contributed by atoms with Crippen LogP contribution in [0.25, 0.3) is 10.9 Å². The van der Waals surface area contributed by atoms with Gasteiger partial charge >= 0.3 is 0 Å². The van der Waals surface area contributed by atoms with Gasteiger partial charge in [-0.05, 0) is 37.0 Å². The number of aromatic amines is 1. The first-order valence-electron chi connectivity index (χ1n) is 10.5. The number of H-pyrrole nitrogens is 1. The van der Waals surface area contributed by atoms with E-state index in [0.717, 1.165) is 36.6 Å². The summed E-state index contributed by atoms with van der Waals surface area (Å²) in [4.78, 5) is 32.6. The molecule has 2 amide bonds. The van der Waals surface area contributed by atoms with Crippen LogP contribution in [-0.4, -0.2) is 45.1 Å². The summed E-state index contributed by atoms with van der Waals surface area (Å²) >= 11 is 5.93. The molecule has 31 heavy (non-hydrogen) atoms. The van der Waals surface area contributed by atoms with Crippen molar-refractivity contribution < 1.29 is 14.7 Å². The third kappa shape index (κ3) is 5.24. The van der Waals surface area contributed by atoms with Gasteiger partial charge < -0.3 is 20.7 Å². The average molecular weight is 441 g/mol. The quantitative estimate of drug-likeness (QED) is 0.423. The molecule has 1 aromatic carbocycles. The van der Waals surface area contributed by atoms with Crippen molar-refractivity contribution in [2.45, 2.75) is 50.3 Å². The van der Waals surface area contributed by atoms with E-state index < -0.39 is 24.0 Å². The molecule has 0 aliphatic heterocycles. The Morgan fingerprint density at radius 3 is 2.68 bits per heavy atom. The van der Waals surface area contributed by atoms with Crippen molar-refractivity contribution in [3.63, 3.8) is 0 Å². The number of hydrogen-bond acceptors (Lipinski definition) is 4. The van der Waals surface area contributed by atoms with Crippen LogP contribution >= 0.6 is 11.6 Å². The smallest absolute Gasteiger partial charge is 0.268 e. The van der Waals surface area contributed by atoms with Gasteiger partial charge in [-0.2, -0.15) is 0 Å². The van der Waals surface area contributed by atoms with Gasteiger partial charge in [0.1, 0.15) is 10.8 Å². The molecule has 4 rings (SSSR count). The second-order valence-corrected chi connectivity index (χ2v) is 8.37. The highest BCUT2D eigenvalue weighted by atomic mass is 35.5. The Kier molecular flexibility index (Phi) is 6.53. The molecule has 1 aliphatic rings. The molecule has 0 radical (unpaired) electrons. The lowest BCUT2D eigenvalue weighted by Gasteiger charge is -2.25. The molecule has 162 valence electrons. The molecule has 8 heteroatoms. The Balaban J connectivity index is 1.52. The Morgan fingerprint density at radius 1 is 1.19 bits per heavy atom. The Bertz CT molecular complexity index is 1060. The summed E-state index contributed by atoms with van der Waals surface area (Å²) in [5, 5.41) is 17.6. The van der Waals surface area contributed by atoms with Gasteiger partial charge in [-0.25, -0.2) is 4.98 Å². The van der Waals surface area contributed by atoms with Gasteiger partial charge in [0.25, 0.3) is 11.8 Å². The van der Waals surface area contributed by atoms with Crippen LogP contribution in [0.1, 0.15) is 41.7 Å². The van der Waals surface area contributed by atoms with Gasteiger partial charge in [-0.3, -0.25) is 9.59 Å². The molecule has 0 saturated heterocycles. The first-order chi connectivity index (χ1) is 15.0. The van der Waals surface area contributed by atoms with Gasteiger partial charge in [0.05, 0.1) is 17.8 Å². The lowest BCUT2D eigenvalue weighted by molar-refractivity contribution is -0.131. The third-order valence-electron chi connectivity index (χ3n) is 5.68. The summed E-state index contributed by atoms with van der Waals surface area (Å²) in [5.74, 6) is -0.873. The van der Waals surface area contributed by atoms with Crippen molar-refractivity contribution in [1.82, 2.24) is 20.6 Å².